The number of imide groups is 1. The van der Waals surface area contributed by atoms with E-state index < -0.39 is 0 Å². The molecule has 4 aliphatic rings. The molecule has 2 saturated carbocycles. The van der Waals surface area contributed by atoms with Crippen molar-refractivity contribution in [2.24, 2.45) is 11.8 Å². The zero-order chi connectivity index (χ0) is 12.3. The highest BCUT2D eigenvalue weighted by atomic mass is 16.2. The topological polar surface area (TPSA) is 40.6 Å². The molecule has 0 aromatic heterocycles. The molecule has 98 valence electrons. The van der Waals surface area contributed by atoms with Crippen LogP contribution in [0.4, 0.5) is 4.79 Å². The van der Waals surface area contributed by atoms with Crippen molar-refractivity contribution in [1.29, 1.82) is 0 Å². The van der Waals surface area contributed by atoms with Crippen LogP contribution >= 0.6 is 0 Å². The molecule has 3 atom stereocenters. The lowest BCUT2D eigenvalue weighted by Gasteiger charge is -2.23. The van der Waals surface area contributed by atoms with Gasteiger partial charge in [-0.15, -0.1) is 0 Å². The van der Waals surface area contributed by atoms with Crippen molar-refractivity contribution in [2.75, 3.05) is 6.54 Å². The van der Waals surface area contributed by atoms with Crippen molar-refractivity contribution in [3.05, 3.63) is 0 Å². The lowest BCUT2D eigenvalue weighted by atomic mass is 9.93. The van der Waals surface area contributed by atoms with E-state index in [-0.39, 0.29) is 24.0 Å². The van der Waals surface area contributed by atoms with Crippen LogP contribution in [0.25, 0.3) is 0 Å². The van der Waals surface area contributed by atoms with Crippen LogP contribution in [0, 0.1) is 11.8 Å². The van der Waals surface area contributed by atoms with Gasteiger partial charge in [-0.05, 0) is 37.5 Å². The van der Waals surface area contributed by atoms with E-state index >= 15 is 0 Å². The van der Waals surface area contributed by atoms with Gasteiger partial charge in [-0.2, -0.15) is 0 Å². The maximum Gasteiger partial charge on any atom is 0.327 e. The van der Waals surface area contributed by atoms with E-state index in [2.05, 4.69) is 0 Å². The molecule has 4 heteroatoms. The molecular formula is C14H20N2O2. The minimum Gasteiger partial charge on any atom is -0.312 e. The zero-order valence-corrected chi connectivity index (χ0v) is 10.7. The van der Waals surface area contributed by atoms with Crippen LogP contribution in [0.3, 0.4) is 0 Å². The predicted molar refractivity (Wildman–Crippen MR) is 65.8 cm³/mol. The van der Waals surface area contributed by atoms with Crippen molar-refractivity contribution in [3.8, 4) is 0 Å². The van der Waals surface area contributed by atoms with Gasteiger partial charge in [0.2, 0.25) is 0 Å². The third-order valence-corrected chi connectivity index (χ3v) is 5.52. The minimum atomic E-state index is -0.0920. The molecule has 3 unspecified atom stereocenters. The molecule has 4 fully saturated rings. The van der Waals surface area contributed by atoms with Crippen LogP contribution < -0.4 is 0 Å². The first-order valence-electron chi connectivity index (χ1n) is 7.41. The molecule has 0 spiro atoms. The molecule has 2 aliphatic heterocycles. The van der Waals surface area contributed by atoms with Crippen LogP contribution in [-0.2, 0) is 4.79 Å². The summed E-state index contributed by atoms with van der Waals surface area (Å²) in [5, 5.41) is 0. The molecule has 3 amide bonds. The molecular weight excluding hydrogens is 228 g/mol. The average Bonchev–Trinajstić information content (AvgIpc) is 3.05. The summed E-state index contributed by atoms with van der Waals surface area (Å²) in [6, 6.07) is 0.132. The van der Waals surface area contributed by atoms with Gasteiger partial charge < -0.3 is 4.90 Å². The van der Waals surface area contributed by atoms with E-state index in [9.17, 15) is 9.59 Å². The Morgan fingerprint density at radius 1 is 0.944 bits per heavy atom. The van der Waals surface area contributed by atoms with Gasteiger partial charge in [-0.3, -0.25) is 9.69 Å². The Morgan fingerprint density at radius 3 is 2.50 bits per heavy atom. The van der Waals surface area contributed by atoms with Gasteiger partial charge in [0.15, 0.2) is 0 Å². The summed E-state index contributed by atoms with van der Waals surface area (Å²) < 4.78 is 0. The molecule has 0 aromatic carbocycles. The van der Waals surface area contributed by atoms with Crippen LogP contribution in [0.2, 0.25) is 0 Å². The second-order valence-corrected chi connectivity index (χ2v) is 6.38. The van der Waals surface area contributed by atoms with Crippen molar-refractivity contribution in [1.82, 2.24) is 9.80 Å². The SMILES string of the molecule is O=C1C2C3CCCC3CN2C(=O)N1C1CCCC1. The van der Waals surface area contributed by atoms with Crippen molar-refractivity contribution in [3.63, 3.8) is 0 Å². The maximum absolute atomic E-state index is 12.6. The van der Waals surface area contributed by atoms with Gasteiger partial charge in [-0.1, -0.05) is 19.3 Å². The third-order valence-electron chi connectivity index (χ3n) is 5.52. The predicted octanol–water partition coefficient (Wildman–Crippen LogP) is 1.99. The Bertz CT molecular complexity index is 403. The number of hydrogen-bond donors (Lipinski definition) is 0. The lowest BCUT2D eigenvalue weighted by molar-refractivity contribution is -0.130. The van der Waals surface area contributed by atoms with E-state index in [1.54, 1.807) is 4.90 Å². The Balaban J connectivity index is 1.62. The van der Waals surface area contributed by atoms with E-state index in [0.29, 0.717) is 11.8 Å². The number of carbonyl (C=O) groups excluding carboxylic acids is 2. The summed E-state index contributed by atoms with van der Waals surface area (Å²) in [7, 11) is 0. The summed E-state index contributed by atoms with van der Waals surface area (Å²) in [5.74, 6) is 1.20. The van der Waals surface area contributed by atoms with Crippen LogP contribution in [0.5, 0.6) is 0 Å². The normalized spacial score (nSPS) is 39.9. The fraction of sp³-hybridized carbons (Fsp3) is 0.857. The highest BCUT2D eigenvalue weighted by Gasteiger charge is 2.58. The standard InChI is InChI=1S/C14H20N2O2/c17-13-12-11-7-3-4-9(11)8-15(12)14(18)16(13)10-5-1-2-6-10/h9-12H,1-8H2. The molecule has 18 heavy (non-hydrogen) atoms. The number of rotatable bonds is 1. The molecule has 4 rings (SSSR count). The molecule has 2 aliphatic carbocycles. The van der Waals surface area contributed by atoms with E-state index in [1.807, 2.05) is 4.90 Å². The Labute approximate surface area is 107 Å². The Hall–Kier alpha value is -1.06. The molecule has 0 N–H and O–H groups in total. The van der Waals surface area contributed by atoms with Gasteiger partial charge in [0.05, 0.1) is 0 Å². The third kappa shape index (κ3) is 1.26. The van der Waals surface area contributed by atoms with E-state index in [0.717, 1.165) is 25.8 Å². The molecule has 0 radical (unpaired) electrons. The highest BCUT2D eigenvalue weighted by molar-refractivity contribution is 6.05. The smallest absolute Gasteiger partial charge is 0.312 e. The van der Waals surface area contributed by atoms with Crippen LogP contribution in [0.15, 0.2) is 0 Å². The number of nitrogens with zero attached hydrogens (tertiary/aromatic N) is 2. The van der Waals surface area contributed by atoms with Gasteiger partial charge in [0.1, 0.15) is 6.04 Å². The van der Waals surface area contributed by atoms with Gasteiger partial charge >= 0.3 is 6.03 Å². The van der Waals surface area contributed by atoms with E-state index in [4.69, 9.17) is 0 Å². The lowest BCUT2D eigenvalue weighted by Crippen LogP contribution is -2.41. The molecule has 0 bridgehead atoms. The fourth-order valence-electron chi connectivity index (χ4n) is 4.69. The second-order valence-electron chi connectivity index (χ2n) is 6.38. The monoisotopic (exact) mass is 248 g/mol. The Kier molecular flexibility index (Phi) is 2.24. The first kappa shape index (κ1) is 10.8. The Morgan fingerprint density at radius 2 is 1.72 bits per heavy atom. The van der Waals surface area contributed by atoms with Gasteiger partial charge in [-0.25, -0.2) is 4.79 Å². The fourth-order valence-corrected chi connectivity index (χ4v) is 4.69. The summed E-state index contributed by atoms with van der Waals surface area (Å²) in [6.45, 7) is 0.836. The molecule has 4 nitrogen and oxygen atoms in total. The van der Waals surface area contributed by atoms with Gasteiger partial charge in [0.25, 0.3) is 5.91 Å². The first-order chi connectivity index (χ1) is 8.77. The van der Waals surface area contributed by atoms with Gasteiger partial charge in [0, 0.05) is 12.6 Å². The quantitative estimate of drug-likeness (QED) is 0.666. The first-order valence-corrected chi connectivity index (χ1v) is 7.41. The number of amides is 3. The maximum atomic E-state index is 12.6. The van der Waals surface area contributed by atoms with Crippen molar-refractivity contribution < 1.29 is 9.59 Å². The average molecular weight is 248 g/mol. The number of urea groups is 1. The highest BCUT2D eigenvalue weighted by Crippen LogP contribution is 2.46. The summed E-state index contributed by atoms with van der Waals surface area (Å²) in [6.07, 6.45) is 7.96. The summed E-state index contributed by atoms with van der Waals surface area (Å²) in [4.78, 5) is 28.5. The van der Waals surface area contributed by atoms with Crippen molar-refractivity contribution in [2.45, 2.75) is 57.0 Å². The second kappa shape index (κ2) is 3.72. The zero-order valence-electron chi connectivity index (χ0n) is 10.7. The molecule has 2 saturated heterocycles. The summed E-state index contributed by atoms with van der Waals surface area (Å²) >= 11 is 0. The number of hydrogen-bond acceptors (Lipinski definition) is 2. The molecule has 0 aromatic rings. The van der Waals surface area contributed by atoms with E-state index in [1.165, 1.54) is 25.7 Å². The number of carbonyl (C=O) groups is 2. The van der Waals surface area contributed by atoms with Crippen molar-refractivity contribution >= 4 is 11.9 Å². The van der Waals surface area contributed by atoms with Crippen LogP contribution in [0.1, 0.15) is 44.9 Å². The number of fused-ring (bicyclic) bond motifs is 3. The summed E-state index contributed by atoms with van der Waals surface area (Å²) in [5.41, 5.74) is 0. The molecule has 2 heterocycles. The van der Waals surface area contributed by atoms with Crippen LogP contribution in [-0.4, -0.2) is 40.4 Å². The largest absolute Gasteiger partial charge is 0.327 e. The minimum absolute atomic E-state index is 0.0197.